The topological polar surface area (TPSA) is 101 Å². The lowest BCUT2D eigenvalue weighted by Gasteiger charge is -2.47. The number of carbonyl (C=O) groups is 2. The van der Waals surface area contributed by atoms with E-state index in [-0.39, 0.29) is 12.5 Å². The number of nitrogens with one attached hydrogen (secondary N) is 1. The van der Waals surface area contributed by atoms with Gasteiger partial charge in [0.2, 0.25) is 0 Å². The first-order chi connectivity index (χ1) is 19.6. The number of hydrogen-bond donors (Lipinski definition) is 1. The number of pyridine rings is 1. The molecule has 0 aliphatic carbocycles. The lowest BCUT2D eigenvalue weighted by molar-refractivity contribution is -0.164. The summed E-state index contributed by atoms with van der Waals surface area (Å²) in [5, 5.41) is 0. The third-order valence-electron chi connectivity index (χ3n) is 7.61. The molecule has 1 spiro atoms. The van der Waals surface area contributed by atoms with E-state index >= 15 is 0 Å². The number of nitrogens with zero attached hydrogens (tertiary/aromatic N) is 4. The number of piperidine rings is 1. The van der Waals surface area contributed by atoms with E-state index in [1.54, 1.807) is 24.4 Å². The van der Waals surface area contributed by atoms with Crippen LogP contribution in [0.25, 0.3) is 22.4 Å². The number of halogens is 3. The lowest BCUT2D eigenvalue weighted by atomic mass is 9.88. The zero-order valence-electron chi connectivity index (χ0n) is 22.1. The summed E-state index contributed by atoms with van der Waals surface area (Å²) in [6.07, 6.45) is -1.65. The Morgan fingerprint density at radius 3 is 2.56 bits per heavy atom. The summed E-state index contributed by atoms with van der Waals surface area (Å²) < 4.78 is 50.0. The minimum atomic E-state index is -4.43. The summed E-state index contributed by atoms with van der Waals surface area (Å²) in [7, 11) is 1.32. The fourth-order valence-electron chi connectivity index (χ4n) is 5.51. The molecule has 0 atom stereocenters. The molecular formula is C29H26F3N5O4. The molecule has 0 unspecified atom stereocenters. The average molecular weight is 566 g/mol. The third-order valence-corrected chi connectivity index (χ3v) is 7.61. The van der Waals surface area contributed by atoms with Crippen LogP contribution in [0.15, 0.2) is 60.8 Å². The van der Waals surface area contributed by atoms with Crippen LogP contribution in [-0.4, -0.2) is 65.8 Å². The molecule has 0 amide bonds. The second-order valence-electron chi connectivity index (χ2n) is 10.2. The number of aromatic amines is 1. The molecule has 2 aromatic carbocycles. The van der Waals surface area contributed by atoms with Crippen molar-refractivity contribution in [3.63, 3.8) is 0 Å². The minimum absolute atomic E-state index is 0.0435. The lowest BCUT2D eigenvalue weighted by Crippen LogP contribution is -2.59. The van der Waals surface area contributed by atoms with Crippen molar-refractivity contribution in [3.8, 4) is 11.4 Å². The van der Waals surface area contributed by atoms with E-state index in [9.17, 15) is 22.8 Å². The van der Waals surface area contributed by atoms with Gasteiger partial charge in [-0.15, -0.1) is 0 Å². The van der Waals surface area contributed by atoms with Crippen LogP contribution < -0.4 is 9.80 Å². The van der Waals surface area contributed by atoms with E-state index in [2.05, 4.69) is 19.9 Å². The number of benzene rings is 2. The SMILES string of the molecule is COC(=O)c1ccccc1N1CC(=O)OC2(CCN(c3ccc(-c4nc5ccc(C(F)(F)F)cc5[nH]4)cn3)CC2)C1. The van der Waals surface area contributed by atoms with Crippen molar-refractivity contribution in [1.82, 2.24) is 15.0 Å². The van der Waals surface area contributed by atoms with Crippen molar-refractivity contribution < 1.29 is 32.2 Å². The molecule has 2 aromatic heterocycles. The predicted molar refractivity (Wildman–Crippen MR) is 145 cm³/mol. The van der Waals surface area contributed by atoms with Crippen LogP contribution >= 0.6 is 0 Å². The van der Waals surface area contributed by atoms with Crippen LogP contribution in [0, 0.1) is 0 Å². The fourth-order valence-corrected chi connectivity index (χ4v) is 5.51. The van der Waals surface area contributed by atoms with E-state index in [0.29, 0.717) is 66.1 Å². The van der Waals surface area contributed by atoms with Crippen LogP contribution in [0.2, 0.25) is 0 Å². The van der Waals surface area contributed by atoms with Gasteiger partial charge in [0, 0.05) is 37.7 Å². The van der Waals surface area contributed by atoms with Gasteiger partial charge in [0.05, 0.1) is 41.5 Å². The maximum absolute atomic E-state index is 13.1. The zero-order chi connectivity index (χ0) is 28.8. The van der Waals surface area contributed by atoms with Crippen LogP contribution in [0.4, 0.5) is 24.7 Å². The first-order valence-electron chi connectivity index (χ1n) is 13.1. The number of ether oxygens (including phenoxy) is 2. The van der Waals surface area contributed by atoms with E-state index in [0.717, 1.165) is 18.0 Å². The first kappa shape index (κ1) is 26.6. The monoisotopic (exact) mass is 565 g/mol. The molecule has 9 nitrogen and oxygen atoms in total. The van der Waals surface area contributed by atoms with Crippen molar-refractivity contribution in [2.45, 2.75) is 24.6 Å². The first-order valence-corrected chi connectivity index (χ1v) is 13.1. The third kappa shape index (κ3) is 5.17. The molecule has 4 aromatic rings. The van der Waals surface area contributed by atoms with E-state index in [1.807, 2.05) is 23.1 Å². The number of imidazole rings is 1. The average Bonchev–Trinajstić information content (AvgIpc) is 3.40. The quantitative estimate of drug-likeness (QED) is 0.351. The van der Waals surface area contributed by atoms with Gasteiger partial charge in [-0.1, -0.05) is 12.1 Å². The largest absolute Gasteiger partial charge is 0.465 e. The smallest absolute Gasteiger partial charge is 0.416 e. The van der Waals surface area contributed by atoms with Gasteiger partial charge in [-0.2, -0.15) is 13.2 Å². The minimum Gasteiger partial charge on any atom is -0.465 e. The van der Waals surface area contributed by atoms with Gasteiger partial charge in [-0.3, -0.25) is 4.79 Å². The van der Waals surface area contributed by atoms with E-state index in [1.165, 1.54) is 13.2 Å². The van der Waals surface area contributed by atoms with E-state index < -0.39 is 23.3 Å². The molecule has 2 aliphatic rings. The van der Waals surface area contributed by atoms with Gasteiger partial charge < -0.3 is 24.3 Å². The zero-order valence-corrected chi connectivity index (χ0v) is 22.1. The molecule has 2 fully saturated rings. The van der Waals surface area contributed by atoms with Crippen molar-refractivity contribution in [2.24, 2.45) is 0 Å². The number of H-pyrrole nitrogens is 1. The standard InChI is InChI=1S/C29H26F3N5O4/c1-40-27(39)20-4-2-3-5-23(20)37-16-25(38)41-28(17-37)10-12-36(13-11-28)24-9-6-18(15-33-24)26-34-21-8-7-19(29(30,31)32)14-22(21)35-26/h2-9,14-15H,10-13,16-17H2,1H3,(H,34,35). The van der Waals surface area contributed by atoms with Crippen molar-refractivity contribution in [3.05, 3.63) is 71.9 Å². The Balaban J connectivity index is 1.15. The fraction of sp³-hybridized carbons (Fsp3) is 0.310. The molecule has 41 heavy (non-hydrogen) atoms. The number of methoxy groups -OCH3 is 1. The summed E-state index contributed by atoms with van der Waals surface area (Å²) in [5.74, 6) is 0.346. The Morgan fingerprint density at radius 1 is 1.07 bits per heavy atom. The maximum Gasteiger partial charge on any atom is 0.416 e. The number of hydrogen-bond acceptors (Lipinski definition) is 8. The number of anilines is 2. The molecular weight excluding hydrogens is 539 g/mol. The van der Waals surface area contributed by atoms with Gasteiger partial charge in [0.15, 0.2) is 0 Å². The van der Waals surface area contributed by atoms with E-state index in [4.69, 9.17) is 9.47 Å². The van der Waals surface area contributed by atoms with Gasteiger partial charge in [0.1, 0.15) is 23.8 Å². The Kier molecular flexibility index (Phi) is 6.55. The molecule has 1 N–H and O–H groups in total. The number of aromatic nitrogens is 3. The van der Waals surface area contributed by atoms with Gasteiger partial charge >= 0.3 is 18.1 Å². The van der Waals surface area contributed by atoms with Crippen molar-refractivity contribution in [2.75, 3.05) is 43.1 Å². The van der Waals surface area contributed by atoms with Gasteiger partial charge in [-0.25, -0.2) is 14.8 Å². The number of morpholine rings is 1. The van der Waals surface area contributed by atoms with Crippen LogP contribution in [0.5, 0.6) is 0 Å². The molecule has 4 heterocycles. The van der Waals surface area contributed by atoms with Crippen LogP contribution in [-0.2, 0) is 20.4 Å². The number of esters is 2. The van der Waals surface area contributed by atoms with Crippen molar-refractivity contribution in [1.29, 1.82) is 0 Å². The molecule has 2 saturated heterocycles. The van der Waals surface area contributed by atoms with Gasteiger partial charge in [-0.05, 0) is 42.5 Å². The molecule has 212 valence electrons. The Bertz CT molecular complexity index is 1610. The highest BCUT2D eigenvalue weighted by atomic mass is 19.4. The molecule has 6 rings (SSSR count). The highest BCUT2D eigenvalue weighted by Crippen LogP contribution is 2.36. The summed E-state index contributed by atoms with van der Waals surface area (Å²) >= 11 is 0. The number of para-hydroxylation sites is 1. The highest BCUT2D eigenvalue weighted by Gasteiger charge is 2.44. The Morgan fingerprint density at radius 2 is 1.85 bits per heavy atom. The van der Waals surface area contributed by atoms with Crippen LogP contribution in [0.1, 0.15) is 28.8 Å². The number of alkyl halides is 3. The normalized spacial score (nSPS) is 17.1. The van der Waals surface area contributed by atoms with Gasteiger partial charge in [0.25, 0.3) is 0 Å². The maximum atomic E-state index is 13.1. The molecule has 0 radical (unpaired) electrons. The molecule has 12 heteroatoms. The highest BCUT2D eigenvalue weighted by molar-refractivity contribution is 5.96. The summed E-state index contributed by atoms with van der Waals surface area (Å²) in [6.45, 7) is 1.69. The molecule has 2 aliphatic heterocycles. The summed E-state index contributed by atoms with van der Waals surface area (Å²) in [6, 6.07) is 14.1. The number of carbonyl (C=O) groups excluding carboxylic acids is 2. The predicted octanol–water partition coefficient (Wildman–Crippen LogP) is 4.83. The number of fused-ring (bicyclic) bond motifs is 1. The number of rotatable bonds is 4. The second-order valence-corrected chi connectivity index (χ2v) is 10.2. The summed E-state index contributed by atoms with van der Waals surface area (Å²) in [5.41, 5.74) is 0.971. The second kappa shape index (κ2) is 10.1. The molecule has 0 saturated carbocycles. The Labute approximate surface area is 232 Å². The summed E-state index contributed by atoms with van der Waals surface area (Å²) in [4.78, 5) is 40.9. The molecule has 0 bridgehead atoms. The Hall–Kier alpha value is -4.61. The van der Waals surface area contributed by atoms with Crippen molar-refractivity contribution >= 4 is 34.5 Å². The van der Waals surface area contributed by atoms with Crippen LogP contribution in [0.3, 0.4) is 0 Å².